The number of hydrogen-bond donors (Lipinski definition) is 1. The first-order valence-electron chi connectivity index (χ1n) is 3.11. The molecule has 0 fully saturated rings. The molecular weight excluding hydrogens is 161 g/mol. The van der Waals surface area contributed by atoms with Gasteiger partial charge in [-0.15, -0.1) is 0 Å². The Bertz CT molecular complexity index is 273. The minimum Gasteiger partial charge on any atom is -0.537 e. The van der Waals surface area contributed by atoms with Crippen molar-refractivity contribution in [2.45, 2.75) is 0 Å². The molecule has 6 heteroatoms. The van der Waals surface area contributed by atoms with E-state index in [1.54, 1.807) is 0 Å². The van der Waals surface area contributed by atoms with Crippen molar-refractivity contribution < 1.29 is 14.6 Å². The Kier molecular flexibility index (Phi) is 2.65. The summed E-state index contributed by atoms with van der Waals surface area (Å²) in [6.07, 6.45) is 0. The number of nitro benzene ring substituents is 1. The maximum absolute atomic E-state index is 10.2. The Labute approximate surface area is 69.0 Å². The van der Waals surface area contributed by atoms with Gasteiger partial charge in [0.1, 0.15) is 5.75 Å². The minimum atomic E-state index is -0.507. The second-order valence-electron chi connectivity index (χ2n) is 1.97. The number of hydrogen-bond acceptors (Lipinski definition) is 4. The second-order valence-corrected chi connectivity index (χ2v) is 1.97. The third-order valence-electron chi connectivity index (χ3n) is 1.24. The first-order valence-corrected chi connectivity index (χ1v) is 3.11. The molecule has 0 saturated carbocycles. The summed E-state index contributed by atoms with van der Waals surface area (Å²) >= 11 is 0. The molecular formula is C6H5BNO4. The molecule has 0 atom stereocenters. The van der Waals surface area contributed by atoms with Crippen molar-refractivity contribution in [3.8, 4) is 5.75 Å². The predicted molar refractivity (Wildman–Crippen MR) is 41.7 cm³/mol. The van der Waals surface area contributed by atoms with Crippen LogP contribution >= 0.6 is 0 Å². The van der Waals surface area contributed by atoms with Gasteiger partial charge >= 0.3 is 7.69 Å². The average Bonchev–Trinajstić information content (AvgIpc) is 2.06. The van der Waals surface area contributed by atoms with Crippen LogP contribution in [0.5, 0.6) is 5.75 Å². The fourth-order valence-corrected chi connectivity index (χ4v) is 0.707. The summed E-state index contributed by atoms with van der Waals surface area (Å²) in [4.78, 5) is 9.67. The molecule has 1 rings (SSSR count). The van der Waals surface area contributed by atoms with E-state index in [1.165, 1.54) is 24.3 Å². The molecule has 0 unspecified atom stereocenters. The maximum atomic E-state index is 10.2. The summed E-state index contributed by atoms with van der Waals surface area (Å²) in [5.74, 6) is 0.350. The van der Waals surface area contributed by atoms with Gasteiger partial charge in [-0.3, -0.25) is 10.1 Å². The van der Waals surface area contributed by atoms with Gasteiger partial charge < -0.3 is 9.68 Å². The van der Waals surface area contributed by atoms with E-state index in [9.17, 15) is 10.1 Å². The van der Waals surface area contributed by atoms with Gasteiger partial charge in [-0.05, 0) is 12.1 Å². The number of rotatable bonds is 3. The number of nitro groups is 1. The summed E-state index contributed by atoms with van der Waals surface area (Å²) in [5, 5.41) is 18.4. The van der Waals surface area contributed by atoms with Crippen LogP contribution in [0.25, 0.3) is 0 Å². The van der Waals surface area contributed by atoms with Crippen LogP contribution in [0.15, 0.2) is 24.3 Å². The molecule has 1 radical (unpaired) electrons. The topological polar surface area (TPSA) is 72.6 Å². The smallest absolute Gasteiger partial charge is 0.537 e. The monoisotopic (exact) mass is 166 g/mol. The number of nitrogens with zero attached hydrogens (tertiary/aromatic N) is 1. The molecule has 1 aromatic carbocycles. The SMILES string of the molecule is O=[N+]([O-])c1ccc(O[B]O)cc1. The van der Waals surface area contributed by atoms with Crippen molar-refractivity contribution in [1.82, 2.24) is 0 Å². The Morgan fingerprint density at radius 3 is 2.42 bits per heavy atom. The zero-order valence-electron chi connectivity index (χ0n) is 6.01. The lowest BCUT2D eigenvalue weighted by Gasteiger charge is -1.98. The van der Waals surface area contributed by atoms with Crippen molar-refractivity contribution in [1.29, 1.82) is 0 Å². The molecule has 0 aliphatic carbocycles. The maximum Gasteiger partial charge on any atom is 0.569 e. The molecule has 12 heavy (non-hydrogen) atoms. The Morgan fingerprint density at radius 2 is 2.00 bits per heavy atom. The van der Waals surface area contributed by atoms with Crippen LogP contribution in [0.1, 0.15) is 0 Å². The molecule has 1 N–H and O–H groups in total. The fraction of sp³-hybridized carbons (Fsp3) is 0. The summed E-state index contributed by atoms with van der Waals surface area (Å²) in [7, 11) is 0.515. The summed E-state index contributed by atoms with van der Waals surface area (Å²) in [5.41, 5.74) is -0.0136. The molecule has 0 amide bonds. The van der Waals surface area contributed by atoms with Crippen molar-refractivity contribution in [2.24, 2.45) is 0 Å². The van der Waals surface area contributed by atoms with Crippen LogP contribution in [-0.4, -0.2) is 17.6 Å². The molecule has 0 saturated heterocycles. The van der Waals surface area contributed by atoms with Crippen LogP contribution in [0, 0.1) is 10.1 Å². The molecule has 1 aromatic rings. The lowest BCUT2D eigenvalue weighted by atomic mass is 10.3. The average molecular weight is 166 g/mol. The summed E-state index contributed by atoms with van der Waals surface area (Å²) < 4.78 is 4.55. The molecule has 0 aromatic heterocycles. The molecule has 0 bridgehead atoms. The highest BCUT2D eigenvalue weighted by molar-refractivity contribution is 6.17. The fourth-order valence-electron chi connectivity index (χ4n) is 0.707. The quantitative estimate of drug-likeness (QED) is 0.403. The van der Waals surface area contributed by atoms with Crippen LogP contribution in [-0.2, 0) is 0 Å². The highest BCUT2D eigenvalue weighted by Crippen LogP contribution is 2.16. The van der Waals surface area contributed by atoms with Crippen molar-refractivity contribution in [3.05, 3.63) is 34.4 Å². The van der Waals surface area contributed by atoms with E-state index in [2.05, 4.69) is 4.65 Å². The molecule has 0 heterocycles. The van der Waals surface area contributed by atoms with Gasteiger partial charge in [-0.1, -0.05) is 0 Å². The second kappa shape index (κ2) is 3.73. The zero-order valence-corrected chi connectivity index (χ0v) is 6.01. The summed E-state index contributed by atoms with van der Waals surface area (Å²) in [6, 6.07) is 5.37. The predicted octanol–water partition coefficient (Wildman–Crippen LogP) is 0.500. The largest absolute Gasteiger partial charge is 0.569 e. The van der Waals surface area contributed by atoms with E-state index < -0.39 is 4.92 Å². The van der Waals surface area contributed by atoms with E-state index in [0.29, 0.717) is 13.4 Å². The van der Waals surface area contributed by atoms with Gasteiger partial charge in [-0.25, -0.2) is 0 Å². The van der Waals surface area contributed by atoms with Gasteiger partial charge in [0.2, 0.25) is 0 Å². The summed E-state index contributed by atoms with van der Waals surface area (Å²) in [6.45, 7) is 0. The molecule has 61 valence electrons. The van der Waals surface area contributed by atoms with E-state index in [1.807, 2.05) is 0 Å². The lowest BCUT2D eigenvalue weighted by Crippen LogP contribution is -1.99. The van der Waals surface area contributed by atoms with Gasteiger partial charge in [0.15, 0.2) is 0 Å². The van der Waals surface area contributed by atoms with Crippen LogP contribution in [0.3, 0.4) is 0 Å². The lowest BCUT2D eigenvalue weighted by molar-refractivity contribution is -0.384. The van der Waals surface area contributed by atoms with Gasteiger partial charge in [-0.2, -0.15) is 0 Å². The Balaban J connectivity index is 2.78. The van der Waals surface area contributed by atoms with Gasteiger partial charge in [0.05, 0.1) is 4.92 Å². The van der Waals surface area contributed by atoms with E-state index >= 15 is 0 Å². The normalized spacial score (nSPS) is 9.08. The molecule has 0 aliphatic heterocycles. The molecule has 5 nitrogen and oxygen atoms in total. The van der Waals surface area contributed by atoms with E-state index in [4.69, 9.17) is 5.02 Å². The Morgan fingerprint density at radius 1 is 1.42 bits per heavy atom. The van der Waals surface area contributed by atoms with E-state index in [-0.39, 0.29) is 5.69 Å². The van der Waals surface area contributed by atoms with Crippen LogP contribution in [0.4, 0.5) is 5.69 Å². The third kappa shape index (κ3) is 1.96. The zero-order chi connectivity index (χ0) is 8.97. The van der Waals surface area contributed by atoms with Gasteiger partial charge in [0, 0.05) is 12.1 Å². The number of benzene rings is 1. The molecule has 0 spiro atoms. The highest BCUT2D eigenvalue weighted by Gasteiger charge is 2.03. The van der Waals surface area contributed by atoms with Crippen molar-refractivity contribution >= 4 is 13.4 Å². The van der Waals surface area contributed by atoms with Crippen molar-refractivity contribution in [3.63, 3.8) is 0 Å². The third-order valence-corrected chi connectivity index (χ3v) is 1.24. The standard InChI is InChI=1S/C6H5BNO4/c9-7-12-6-3-1-5(2-4-6)8(10)11/h1-4,9H. The van der Waals surface area contributed by atoms with Crippen LogP contribution < -0.4 is 4.65 Å². The first-order chi connectivity index (χ1) is 5.74. The van der Waals surface area contributed by atoms with E-state index in [0.717, 1.165) is 0 Å². The van der Waals surface area contributed by atoms with Crippen molar-refractivity contribution in [2.75, 3.05) is 0 Å². The first kappa shape index (κ1) is 8.54. The Hall–Kier alpha value is -1.56. The molecule has 0 aliphatic rings. The minimum absolute atomic E-state index is 0.0136. The van der Waals surface area contributed by atoms with Crippen LogP contribution in [0.2, 0.25) is 0 Å². The van der Waals surface area contributed by atoms with Gasteiger partial charge in [0.25, 0.3) is 5.69 Å². The number of non-ortho nitro benzene ring substituents is 1. The highest BCUT2D eigenvalue weighted by atomic mass is 16.6.